The largest absolute Gasteiger partial charge is 0.353 e. The molecule has 90 valence electrons. The lowest BCUT2D eigenvalue weighted by atomic mass is 10.2. The van der Waals surface area contributed by atoms with Crippen LogP contribution in [0.5, 0.6) is 0 Å². The Bertz CT molecular complexity index is 310. The smallest absolute Gasteiger partial charge is 0.157 e. The van der Waals surface area contributed by atoms with E-state index in [-0.39, 0.29) is 6.29 Å². The van der Waals surface area contributed by atoms with Crippen LogP contribution in [0.1, 0.15) is 30.5 Å². The molecule has 1 unspecified atom stereocenters. The van der Waals surface area contributed by atoms with Crippen molar-refractivity contribution in [2.45, 2.75) is 45.9 Å². The van der Waals surface area contributed by atoms with Gasteiger partial charge in [-0.2, -0.15) is 5.10 Å². The van der Waals surface area contributed by atoms with Gasteiger partial charge < -0.3 is 9.47 Å². The highest BCUT2D eigenvalue weighted by Crippen LogP contribution is 2.13. The highest BCUT2D eigenvalue weighted by Gasteiger charge is 2.13. The van der Waals surface area contributed by atoms with E-state index in [0.717, 1.165) is 31.7 Å². The Kier molecular flexibility index (Phi) is 3.96. The molecule has 2 rings (SSSR count). The van der Waals surface area contributed by atoms with Gasteiger partial charge in [0.05, 0.1) is 18.8 Å². The van der Waals surface area contributed by atoms with Crippen molar-refractivity contribution >= 4 is 0 Å². The Morgan fingerprint density at radius 1 is 1.50 bits per heavy atom. The summed E-state index contributed by atoms with van der Waals surface area (Å²) in [6, 6.07) is 0. The van der Waals surface area contributed by atoms with Crippen molar-refractivity contribution in [2.75, 3.05) is 13.2 Å². The molecule has 1 aliphatic heterocycles. The van der Waals surface area contributed by atoms with E-state index < -0.39 is 0 Å². The fourth-order valence-corrected chi connectivity index (χ4v) is 1.85. The molecule has 1 aromatic heterocycles. The van der Waals surface area contributed by atoms with Gasteiger partial charge in [-0.05, 0) is 38.7 Å². The molecule has 0 radical (unpaired) electrons. The van der Waals surface area contributed by atoms with Gasteiger partial charge in [-0.15, -0.1) is 0 Å². The summed E-state index contributed by atoms with van der Waals surface area (Å²) >= 11 is 0. The van der Waals surface area contributed by atoms with Crippen LogP contribution in [0.15, 0.2) is 6.20 Å². The maximum atomic E-state index is 5.65. The molecule has 0 saturated carbocycles. The van der Waals surface area contributed by atoms with Crippen LogP contribution in [0.2, 0.25) is 0 Å². The van der Waals surface area contributed by atoms with Crippen molar-refractivity contribution in [3.63, 3.8) is 0 Å². The summed E-state index contributed by atoms with van der Waals surface area (Å²) in [7, 11) is 0. The molecule has 0 N–H and O–H groups in total. The van der Waals surface area contributed by atoms with Crippen molar-refractivity contribution < 1.29 is 9.47 Å². The molecule has 4 nitrogen and oxygen atoms in total. The minimum absolute atomic E-state index is 0.00602. The van der Waals surface area contributed by atoms with Gasteiger partial charge in [-0.25, -0.2) is 0 Å². The second-order valence-electron chi connectivity index (χ2n) is 4.33. The van der Waals surface area contributed by atoms with Gasteiger partial charge in [0.15, 0.2) is 6.29 Å². The molecule has 1 saturated heterocycles. The van der Waals surface area contributed by atoms with Gasteiger partial charge in [0.1, 0.15) is 0 Å². The minimum atomic E-state index is 0.00602. The molecule has 16 heavy (non-hydrogen) atoms. The molecule has 0 amide bonds. The topological polar surface area (TPSA) is 36.3 Å². The monoisotopic (exact) mass is 224 g/mol. The van der Waals surface area contributed by atoms with E-state index in [0.29, 0.717) is 6.61 Å². The predicted molar refractivity (Wildman–Crippen MR) is 61.2 cm³/mol. The second-order valence-corrected chi connectivity index (χ2v) is 4.33. The third kappa shape index (κ3) is 3.06. The standard InChI is InChI=1S/C12H20N2O2/c1-10-9-14(13-11(10)2)6-8-16-12-5-3-4-7-15-12/h9,12H,3-8H2,1-2H3. The van der Waals surface area contributed by atoms with E-state index in [1.165, 1.54) is 12.0 Å². The molecule has 2 heterocycles. The number of nitrogens with zero attached hydrogens (tertiary/aromatic N) is 2. The number of ether oxygens (including phenoxy) is 2. The Labute approximate surface area is 96.5 Å². The molecule has 0 spiro atoms. The first-order valence-electron chi connectivity index (χ1n) is 5.99. The number of rotatable bonds is 4. The van der Waals surface area contributed by atoms with E-state index in [4.69, 9.17) is 9.47 Å². The Morgan fingerprint density at radius 2 is 2.38 bits per heavy atom. The molecule has 1 aromatic rings. The fraction of sp³-hybridized carbons (Fsp3) is 0.750. The Morgan fingerprint density at radius 3 is 3.00 bits per heavy atom. The van der Waals surface area contributed by atoms with E-state index in [1.807, 2.05) is 11.6 Å². The number of hydrogen-bond donors (Lipinski definition) is 0. The van der Waals surface area contributed by atoms with Gasteiger partial charge in [-0.1, -0.05) is 0 Å². The lowest BCUT2D eigenvalue weighted by molar-refractivity contribution is -0.163. The van der Waals surface area contributed by atoms with Gasteiger partial charge >= 0.3 is 0 Å². The Hall–Kier alpha value is -0.870. The maximum absolute atomic E-state index is 5.65. The van der Waals surface area contributed by atoms with Gasteiger partial charge in [-0.3, -0.25) is 4.68 Å². The van der Waals surface area contributed by atoms with Crippen LogP contribution in [0.3, 0.4) is 0 Å². The highest BCUT2D eigenvalue weighted by atomic mass is 16.7. The maximum Gasteiger partial charge on any atom is 0.157 e. The van der Waals surface area contributed by atoms with Crippen molar-refractivity contribution in [2.24, 2.45) is 0 Å². The summed E-state index contributed by atoms with van der Waals surface area (Å²) in [6.45, 7) is 6.41. The van der Waals surface area contributed by atoms with Gasteiger partial charge in [0, 0.05) is 12.8 Å². The predicted octanol–water partition coefficient (Wildman–Crippen LogP) is 2.04. The number of hydrogen-bond acceptors (Lipinski definition) is 3. The Balaban J connectivity index is 1.71. The zero-order valence-electron chi connectivity index (χ0n) is 10.1. The third-order valence-electron chi connectivity index (χ3n) is 2.95. The molecule has 1 aliphatic rings. The zero-order chi connectivity index (χ0) is 11.4. The average Bonchev–Trinajstić information content (AvgIpc) is 2.60. The number of aryl methyl sites for hydroxylation is 2. The normalized spacial score (nSPS) is 21.2. The third-order valence-corrected chi connectivity index (χ3v) is 2.95. The number of aromatic nitrogens is 2. The molecule has 0 aromatic carbocycles. The van der Waals surface area contributed by atoms with Crippen LogP contribution < -0.4 is 0 Å². The summed E-state index contributed by atoms with van der Waals surface area (Å²) in [5, 5.41) is 4.39. The lowest BCUT2D eigenvalue weighted by Gasteiger charge is -2.22. The summed E-state index contributed by atoms with van der Waals surface area (Å²) in [4.78, 5) is 0. The second kappa shape index (κ2) is 5.46. The SMILES string of the molecule is Cc1cn(CCOC2CCCCO2)nc1C. The van der Waals surface area contributed by atoms with Gasteiger partial charge in [0.2, 0.25) is 0 Å². The van der Waals surface area contributed by atoms with E-state index in [1.54, 1.807) is 0 Å². The highest BCUT2D eigenvalue weighted by molar-refractivity contribution is 5.12. The van der Waals surface area contributed by atoms with Crippen molar-refractivity contribution in [1.29, 1.82) is 0 Å². The van der Waals surface area contributed by atoms with Crippen molar-refractivity contribution in [3.8, 4) is 0 Å². The first kappa shape index (κ1) is 11.6. The van der Waals surface area contributed by atoms with Crippen LogP contribution in [-0.2, 0) is 16.0 Å². The van der Waals surface area contributed by atoms with E-state index in [2.05, 4.69) is 18.2 Å². The first-order valence-corrected chi connectivity index (χ1v) is 5.99. The summed E-state index contributed by atoms with van der Waals surface area (Å²) in [5.74, 6) is 0. The van der Waals surface area contributed by atoms with Crippen LogP contribution in [0.25, 0.3) is 0 Å². The molecular weight excluding hydrogens is 204 g/mol. The van der Waals surface area contributed by atoms with Crippen LogP contribution in [-0.4, -0.2) is 29.3 Å². The molecule has 0 bridgehead atoms. The zero-order valence-corrected chi connectivity index (χ0v) is 10.1. The quantitative estimate of drug-likeness (QED) is 0.785. The molecule has 1 fully saturated rings. The van der Waals surface area contributed by atoms with Crippen LogP contribution in [0.4, 0.5) is 0 Å². The fourth-order valence-electron chi connectivity index (χ4n) is 1.85. The molecule has 0 aliphatic carbocycles. The van der Waals surface area contributed by atoms with Crippen LogP contribution in [0, 0.1) is 13.8 Å². The summed E-state index contributed by atoms with van der Waals surface area (Å²) < 4.78 is 13.1. The molecule has 4 heteroatoms. The van der Waals surface area contributed by atoms with E-state index >= 15 is 0 Å². The average molecular weight is 224 g/mol. The minimum Gasteiger partial charge on any atom is -0.353 e. The van der Waals surface area contributed by atoms with E-state index in [9.17, 15) is 0 Å². The van der Waals surface area contributed by atoms with Crippen molar-refractivity contribution in [1.82, 2.24) is 9.78 Å². The van der Waals surface area contributed by atoms with Crippen molar-refractivity contribution in [3.05, 3.63) is 17.5 Å². The summed E-state index contributed by atoms with van der Waals surface area (Å²) in [5.41, 5.74) is 2.32. The van der Waals surface area contributed by atoms with Crippen LogP contribution >= 0.6 is 0 Å². The van der Waals surface area contributed by atoms with Gasteiger partial charge in [0.25, 0.3) is 0 Å². The molecular formula is C12H20N2O2. The lowest BCUT2D eigenvalue weighted by Crippen LogP contribution is -2.24. The molecule has 1 atom stereocenters. The first-order chi connectivity index (χ1) is 7.75. The summed E-state index contributed by atoms with van der Waals surface area (Å²) in [6.07, 6.45) is 5.46.